The molecular formula is C15H17F3N2O. The van der Waals surface area contributed by atoms with Crippen molar-refractivity contribution in [3.8, 4) is 0 Å². The number of carbonyl (C=O) groups excluding carboxylic acids is 1. The number of nitrogens with two attached hydrogens (primary N) is 1. The molecule has 0 heterocycles. The fourth-order valence-corrected chi connectivity index (χ4v) is 2.12. The van der Waals surface area contributed by atoms with Gasteiger partial charge < -0.3 is 11.1 Å². The zero-order chi connectivity index (χ0) is 15.5. The van der Waals surface area contributed by atoms with Crippen LogP contribution in [0.4, 0.5) is 13.2 Å². The van der Waals surface area contributed by atoms with Crippen LogP contribution >= 0.6 is 0 Å². The molecule has 0 aromatic heterocycles. The maximum Gasteiger partial charge on any atom is 0.397 e. The van der Waals surface area contributed by atoms with Crippen molar-refractivity contribution in [3.05, 3.63) is 47.7 Å². The van der Waals surface area contributed by atoms with Crippen molar-refractivity contribution in [2.45, 2.75) is 25.4 Å². The highest BCUT2D eigenvalue weighted by atomic mass is 19.4. The number of allylic oxidation sites excluding steroid dienone is 1. The summed E-state index contributed by atoms with van der Waals surface area (Å²) < 4.78 is 38.6. The molecule has 114 valence electrons. The van der Waals surface area contributed by atoms with E-state index in [9.17, 15) is 18.0 Å². The summed E-state index contributed by atoms with van der Waals surface area (Å²) in [6, 6.07) is 9.46. The number of hydrogen-bond donors (Lipinski definition) is 2. The third-order valence-electron chi connectivity index (χ3n) is 3.61. The summed E-state index contributed by atoms with van der Waals surface area (Å²) in [5.41, 5.74) is 4.16. The number of alkyl halides is 3. The summed E-state index contributed by atoms with van der Waals surface area (Å²) >= 11 is 0. The van der Waals surface area contributed by atoms with Gasteiger partial charge in [-0.15, -0.1) is 0 Å². The van der Waals surface area contributed by atoms with Crippen molar-refractivity contribution in [2.75, 3.05) is 6.54 Å². The Labute approximate surface area is 121 Å². The number of benzene rings is 1. The van der Waals surface area contributed by atoms with Gasteiger partial charge in [-0.05, 0) is 30.9 Å². The van der Waals surface area contributed by atoms with Crippen LogP contribution in [0.2, 0.25) is 0 Å². The van der Waals surface area contributed by atoms with E-state index in [0.717, 1.165) is 11.6 Å². The first-order valence-electron chi connectivity index (χ1n) is 6.71. The molecule has 0 atom stereocenters. The lowest BCUT2D eigenvalue weighted by atomic mass is 10.0. The first-order valence-corrected chi connectivity index (χ1v) is 6.71. The molecule has 1 amide bonds. The monoisotopic (exact) mass is 298 g/mol. The number of nitrogens with one attached hydrogen (secondary N) is 1. The van der Waals surface area contributed by atoms with Crippen LogP contribution in [0.3, 0.4) is 0 Å². The van der Waals surface area contributed by atoms with Gasteiger partial charge in [0, 0.05) is 6.54 Å². The summed E-state index contributed by atoms with van der Waals surface area (Å²) in [7, 11) is 0. The minimum Gasteiger partial charge on any atom is -0.381 e. The molecule has 1 aliphatic carbocycles. The normalized spacial score (nSPS) is 17.4. The van der Waals surface area contributed by atoms with Crippen molar-refractivity contribution in [3.63, 3.8) is 0 Å². The summed E-state index contributed by atoms with van der Waals surface area (Å²) in [4.78, 5) is 11.3. The average molecular weight is 298 g/mol. The van der Waals surface area contributed by atoms with E-state index in [1.54, 1.807) is 0 Å². The molecule has 0 saturated heterocycles. The molecule has 3 nitrogen and oxygen atoms in total. The van der Waals surface area contributed by atoms with Gasteiger partial charge in [0.2, 0.25) is 0 Å². The van der Waals surface area contributed by atoms with Crippen LogP contribution in [0.1, 0.15) is 18.4 Å². The van der Waals surface area contributed by atoms with E-state index in [-0.39, 0.29) is 18.5 Å². The van der Waals surface area contributed by atoms with Gasteiger partial charge in [0.05, 0.1) is 11.1 Å². The van der Waals surface area contributed by atoms with Gasteiger partial charge >= 0.3 is 6.18 Å². The number of halogens is 3. The third kappa shape index (κ3) is 3.77. The van der Waals surface area contributed by atoms with E-state index < -0.39 is 17.5 Å². The Morgan fingerprint density at radius 2 is 1.90 bits per heavy atom. The Kier molecular flexibility index (Phi) is 4.25. The Hall–Kier alpha value is -1.98. The standard InChI is InChI=1S/C15H17F3N2O/c16-15(17,18)14(7-8-14)10-12(13(19)21)20-9-6-11-4-2-1-3-5-11/h1-5,10,20H,6-9H2,(H2,19,21). The smallest absolute Gasteiger partial charge is 0.381 e. The highest BCUT2D eigenvalue weighted by molar-refractivity contribution is 5.91. The van der Waals surface area contributed by atoms with E-state index >= 15 is 0 Å². The molecule has 2 rings (SSSR count). The molecule has 1 saturated carbocycles. The number of rotatable bonds is 6. The second kappa shape index (κ2) is 5.79. The Balaban J connectivity index is 1.99. The number of amides is 1. The van der Waals surface area contributed by atoms with Crippen molar-refractivity contribution < 1.29 is 18.0 Å². The van der Waals surface area contributed by atoms with Gasteiger partial charge in [0.25, 0.3) is 5.91 Å². The second-order valence-corrected chi connectivity index (χ2v) is 5.24. The third-order valence-corrected chi connectivity index (χ3v) is 3.61. The molecule has 0 radical (unpaired) electrons. The van der Waals surface area contributed by atoms with Crippen LogP contribution in [0.15, 0.2) is 42.1 Å². The number of primary amides is 1. The fourth-order valence-electron chi connectivity index (χ4n) is 2.12. The maximum absolute atomic E-state index is 12.9. The Morgan fingerprint density at radius 1 is 1.29 bits per heavy atom. The van der Waals surface area contributed by atoms with Crippen LogP contribution in [0, 0.1) is 5.41 Å². The zero-order valence-corrected chi connectivity index (χ0v) is 11.4. The summed E-state index contributed by atoms with van der Waals surface area (Å²) in [6.07, 6.45) is -2.78. The molecule has 1 fully saturated rings. The van der Waals surface area contributed by atoms with Crippen LogP contribution in [-0.2, 0) is 11.2 Å². The van der Waals surface area contributed by atoms with Crippen LogP contribution in [0.25, 0.3) is 0 Å². The van der Waals surface area contributed by atoms with Gasteiger partial charge in [-0.25, -0.2) is 0 Å². The first-order chi connectivity index (χ1) is 9.84. The van der Waals surface area contributed by atoms with Crippen LogP contribution in [0.5, 0.6) is 0 Å². The zero-order valence-electron chi connectivity index (χ0n) is 11.4. The van der Waals surface area contributed by atoms with Gasteiger partial charge in [-0.2, -0.15) is 13.2 Å². The molecule has 21 heavy (non-hydrogen) atoms. The molecule has 0 unspecified atom stereocenters. The lowest BCUT2D eigenvalue weighted by molar-refractivity contribution is -0.172. The van der Waals surface area contributed by atoms with E-state index in [1.165, 1.54) is 0 Å². The van der Waals surface area contributed by atoms with E-state index in [0.29, 0.717) is 13.0 Å². The van der Waals surface area contributed by atoms with Gasteiger partial charge in [0.15, 0.2) is 0 Å². The lowest BCUT2D eigenvalue weighted by Gasteiger charge is -2.17. The molecular weight excluding hydrogens is 281 g/mol. The van der Waals surface area contributed by atoms with E-state index in [2.05, 4.69) is 5.32 Å². The SMILES string of the molecule is NC(=O)C(=CC1(C(F)(F)F)CC1)NCCc1ccccc1. The molecule has 0 aliphatic heterocycles. The van der Waals surface area contributed by atoms with E-state index in [4.69, 9.17) is 5.73 Å². The van der Waals surface area contributed by atoms with E-state index in [1.807, 2.05) is 30.3 Å². The highest BCUT2D eigenvalue weighted by Crippen LogP contribution is 2.58. The summed E-state index contributed by atoms with van der Waals surface area (Å²) in [5.74, 6) is -0.862. The predicted molar refractivity (Wildman–Crippen MR) is 73.1 cm³/mol. The number of hydrogen-bond acceptors (Lipinski definition) is 2. The van der Waals surface area contributed by atoms with Crippen LogP contribution in [-0.4, -0.2) is 18.6 Å². The highest BCUT2D eigenvalue weighted by Gasteiger charge is 2.62. The van der Waals surface area contributed by atoms with Crippen molar-refractivity contribution >= 4 is 5.91 Å². The summed E-state index contributed by atoms with van der Waals surface area (Å²) in [6.45, 7) is 0.354. The topological polar surface area (TPSA) is 55.1 Å². The Morgan fingerprint density at radius 3 is 2.38 bits per heavy atom. The van der Waals surface area contributed by atoms with Crippen LogP contribution < -0.4 is 11.1 Å². The average Bonchev–Trinajstić information content (AvgIpc) is 3.19. The van der Waals surface area contributed by atoms with Crippen molar-refractivity contribution in [1.29, 1.82) is 0 Å². The van der Waals surface area contributed by atoms with Gasteiger partial charge in [-0.3, -0.25) is 4.79 Å². The van der Waals surface area contributed by atoms with Gasteiger partial charge in [0.1, 0.15) is 0 Å². The molecule has 6 heteroatoms. The number of carbonyl (C=O) groups is 1. The van der Waals surface area contributed by atoms with Crippen molar-refractivity contribution in [1.82, 2.24) is 5.32 Å². The molecule has 1 aliphatic rings. The quantitative estimate of drug-likeness (QED) is 0.793. The predicted octanol–water partition coefficient (Wildman–Crippen LogP) is 2.53. The van der Waals surface area contributed by atoms with Gasteiger partial charge in [-0.1, -0.05) is 30.3 Å². The molecule has 0 spiro atoms. The van der Waals surface area contributed by atoms with Crippen molar-refractivity contribution in [2.24, 2.45) is 11.1 Å². The molecule has 1 aromatic rings. The molecule has 3 N–H and O–H groups in total. The second-order valence-electron chi connectivity index (χ2n) is 5.24. The minimum atomic E-state index is -4.34. The summed E-state index contributed by atoms with van der Waals surface area (Å²) in [5, 5.41) is 2.72. The minimum absolute atomic E-state index is 0.00758. The fraction of sp³-hybridized carbons (Fsp3) is 0.400. The lowest BCUT2D eigenvalue weighted by Crippen LogP contribution is -2.31. The molecule has 0 bridgehead atoms. The molecule has 1 aromatic carbocycles. The first kappa shape index (κ1) is 15.4. The largest absolute Gasteiger partial charge is 0.397 e. The maximum atomic E-state index is 12.9. The Bertz CT molecular complexity index is 534.